The molecule has 2 N–H and O–H groups in total. The van der Waals surface area contributed by atoms with Crippen LogP contribution in [0.1, 0.15) is 12.8 Å². The van der Waals surface area contributed by atoms with Gasteiger partial charge in [-0.25, -0.2) is 19.0 Å². The lowest BCUT2D eigenvalue weighted by atomic mass is 10.1. The maximum atomic E-state index is 14.1. The molecule has 0 radical (unpaired) electrons. The molecule has 4 aromatic rings. The summed E-state index contributed by atoms with van der Waals surface area (Å²) in [4.78, 5) is 17.2. The summed E-state index contributed by atoms with van der Waals surface area (Å²) in [6.07, 6.45) is 4.57. The molecule has 0 saturated carbocycles. The number of rotatable bonds is 6. The van der Waals surface area contributed by atoms with Gasteiger partial charge in [0.1, 0.15) is 12.1 Å². The first-order valence-electron chi connectivity index (χ1n) is 11.5. The first kappa shape index (κ1) is 22.7. The molecule has 0 unspecified atom stereocenters. The predicted octanol–water partition coefficient (Wildman–Crippen LogP) is 3.63. The van der Waals surface area contributed by atoms with E-state index in [0.717, 1.165) is 43.0 Å². The third-order valence-corrected chi connectivity index (χ3v) is 5.97. The number of aromatic nitrogens is 5. The Morgan fingerprint density at radius 1 is 1.03 bits per heavy atom. The average molecular weight is 475 g/mol. The molecule has 0 spiro atoms. The van der Waals surface area contributed by atoms with Crippen molar-refractivity contribution < 1.29 is 9.50 Å². The molecule has 5 rings (SSSR count). The van der Waals surface area contributed by atoms with E-state index in [1.165, 1.54) is 12.1 Å². The van der Waals surface area contributed by atoms with E-state index in [4.69, 9.17) is 0 Å². The fraction of sp³-hybridized carbons (Fsp3) is 0.280. The van der Waals surface area contributed by atoms with Crippen LogP contribution in [0.3, 0.4) is 0 Å². The topological polar surface area (TPSA) is 95.2 Å². The predicted molar refractivity (Wildman–Crippen MR) is 134 cm³/mol. The highest BCUT2D eigenvalue weighted by atomic mass is 19.1. The van der Waals surface area contributed by atoms with Crippen molar-refractivity contribution in [2.75, 3.05) is 42.3 Å². The largest absolute Gasteiger partial charge is 0.393 e. The summed E-state index contributed by atoms with van der Waals surface area (Å²) < 4.78 is 15.8. The fourth-order valence-corrected chi connectivity index (χ4v) is 3.98. The molecule has 3 heterocycles. The fourth-order valence-electron chi connectivity index (χ4n) is 3.98. The van der Waals surface area contributed by atoms with Gasteiger partial charge in [-0.1, -0.05) is 0 Å². The van der Waals surface area contributed by atoms with E-state index >= 15 is 0 Å². The molecule has 0 amide bonds. The van der Waals surface area contributed by atoms with E-state index < -0.39 is 0 Å². The van der Waals surface area contributed by atoms with Crippen LogP contribution in [-0.2, 0) is 0 Å². The number of piperidine rings is 1. The number of hydrogen-bond acceptors (Lipinski definition) is 8. The minimum Gasteiger partial charge on any atom is -0.393 e. The summed E-state index contributed by atoms with van der Waals surface area (Å²) in [5.41, 5.74) is 3.75. The third-order valence-electron chi connectivity index (χ3n) is 5.97. The summed E-state index contributed by atoms with van der Waals surface area (Å²) in [5.74, 6) is 0.768. The van der Waals surface area contributed by atoms with E-state index in [2.05, 4.69) is 30.3 Å². The Morgan fingerprint density at radius 3 is 2.54 bits per heavy atom. The van der Waals surface area contributed by atoms with Gasteiger partial charge in [0.05, 0.1) is 17.5 Å². The zero-order valence-corrected chi connectivity index (χ0v) is 19.6. The van der Waals surface area contributed by atoms with Crippen LogP contribution in [0.25, 0.3) is 16.9 Å². The van der Waals surface area contributed by atoms with Crippen molar-refractivity contribution in [2.24, 2.45) is 0 Å². The Bertz CT molecular complexity index is 1300. The van der Waals surface area contributed by atoms with Gasteiger partial charge in [-0.05, 0) is 61.4 Å². The van der Waals surface area contributed by atoms with Gasteiger partial charge in [0.2, 0.25) is 11.9 Å². The van der Waals surface area contributed by atoms with Gasteiger partial charge in [0.15, 0.2) is 0 Å². The molecule has 35 heavy (non-hydrogen) atoms. The van der Waals surface area contributed by atoms with Crippen LogP contribution < -0.4 is 15.1 Å². The Morgan fingerprint density at radius 2 is 1.80 bits per heavy atom. The highest BCUT2D eigenvalue weighted by Crippen LogP contribution is 2.26. The number of benzene rings is 2. The number of nitrogens with one attached hydrogen (secondary N) is 1. The van der Waals surface area contributed by atoms with Crippen LogP contribution in [0.15, 0.2) is 61.1 Å². The molecule has 0 bridgehead atoms. The molecular formula is C25H27FN8O. The average Bonchev–Trinajstić information content (AvgIpc) is 3.35. The highest BCUT2D eigenvalue weighted by Gasteiger charge is 2.20. The number of anilines is 4. The van der Waals surface area contributed by atoms with Crippen LogP contribution in [0, 0.1) is 5.82 Å². The summed E-state index contributed by atoms with van der Waals surface area (Å²) in [7, 11) is 3.74. The van der Waals surface area contributed by atoms with Gasteiger partial charge in [-0.15, -0.1) is 5.10 Å². The Hall–Kier alpha value is -4.05. The minimum absolute atomic E-state index is 0.234. The minimum atomic E-state index is -0.316. The van der Waals surface area contributed by atoms with Crippen LogP contribution in [-0.4, -0.2) is 63.1 Å². The third kappa shape index (κ3) is 5.22. The number of halogens is 1. The monoisotopic (exact) mass is 474 g/mol. The number of nitrogens with zero attached hydrogens (tertiary/aromatic N) is 7. The van der Waals surface area contributed by atoms with Crippen molar-refractivity contribution >= 4 is 23.3 Å². The first-order valence-corrected chi connectivity index (χ1v) is 11.5. The summed E-state index contributed by atoms with van der Waals surface area (Å²) in [5, 5.41) is 17.5. The van der Waals surface area contributed by atoms with Crippen molar-refractivity contribution in [3.8, 4) is 16.9 Å². The van der Waals surface area contributed by atoms with Crippen molar-refractivity contribution in [1.29, 1.82) is 0 Å². The molecule has 0 atom stereocenters. The molecule has 2 aromatic heterocycles. The molecule has 1 aliphatic rings. The normalized spacial score (nSPS) is 14.2. The van der Waals surface area contributed by atoms with Gasteiger partial charge < -0.3 is 20.2 Å². The summed E-state index contributed by atoms with van der Waals surface area (Å²) in [6, 6.07) is 14.3. The summed E-state index contributed by atoms with van der Waals surface area (Å²) in [6.45, 7) is 1.50. The molecule has 9 nitrogen and oxygen atoms in total. The van der Waals surface area contributed by atoms with Crippen molar-refractivity contribution in [3.05, 3.63) is 66.9 Å². The second-order valence-corrected chi connectivity index (χ2v) is 8.74. The van der Waals surface area contributed by atoms with E-state index in [-0.39, 0.29) is 11.9 Å². The lowest BCUT2D eigenvalue weighted by molar-refractivity contribution is 0.145. The Kier molecular flexibility index (Phi) is 6.28. The second kappa shape index (κ2) is 9.67. The molecule has 0 aliphatic carbocycles. The standard InChI is InChI=1S/C25H27FN8O/c1-32(2)21-14-17(13-18(26)15-21)23-7-10-27-24(30-23)29-19-3-5-20(6-4-19)34-16-28-25(31-34)33-11-8-22(35)9-12-33/h3-7,10,13-16,22,35H,8-9,11-12H2,1-2H3,(H,27,29,30). The molecule has 10 heteroatoms. The lowest BCUT2D eigenvalue weighted by Gasteiger charge is -2.28. The zero-order valence-electron chi connectivity index (χ0n) is 19.6. The van der Waals surface area contributed by atoms with E-state index in [0.29, 0.717) is 23.2 Å². The smallest absolute Gasteiger partial charge is 0.245 e. The van der Waals surface area contributed by atoms with Gasteiger partial charge in [0, 0.05) is 50.3 Å². The van der Waals surface area contributed by atoms with Crippen molar-refractivity contribution in [1.82, 2.24) is 24.7 Å². The molecule has 1 saturated heterocycles. The first-order chi connectivity index (χ1) is 16.9. The lowest BCUT2D eigenvalue weighted by Crippen LogP contribution is -2.36. The van der Waals surface area contributed by atoms with E-state index in [9.17, 15) is 9.50 Å². The van der Waals surface area contributed by atoms with Gasteiger partial charge in [-0.3, -0.25) is 0 Å². The SMILES string of the molecule is CN(C)c1cc(F)cc(-c2ccnc(Nc3ccc(-n4cnc(N5CCC(O)CC5)n4)cc3)n2)c1. The van der Waals surface area contributed by atoms with Crippen LogP contribution >= 0.6 is 0 Å². The van der Waals surface area contributed by atoms with Crippen LogP contribution in [0.5, 0.6) is 0 Å². The van der Waals surface area contributed by atoms with Gasteiger partial charge in [0.25, 0.3) is 0 Å². The van der Waals surface area contributed by atoms with Crippen molar-refractivity contribution in [2.45, 2.75) is 18.9 Å². The molecule has 2 aromatic carbocycles. The highest BCUT2D eigenvalue weighted by molar-refractivity contribution is 5.67. The summed E-state index contributed by atoms with van der Waals surface area (Å²) >= 11 is 0. The number of aliphatic hydroxyl groups excluding tert-OH is 1. The number of aliphatic hydroxyl groups is 1. The van der Waals surface area contributed by atoms with Gasteiger partial charge >= 0.3 is 0 Å². The zero-order chi connectivity index (χ0) is 24.4. The Balaban J connectivity index is 1.29. The second-order valence-electron chi connectivity index (χ2n) is 8.74. The molecular weight excluding hydrogens is 447 g/mol. The molecule has 180 valence electrons. The Labute approximate surface area is 202 Å². The van der Waals surface area contributed by atoms with Crippen molar-refractivity contribution in [3.63, 3.8) is 0 Å². The van der Waals surface area contributed by atoms with E-state index in [1.807, 2.05) is 49.3 Å². The van der Waals surface area contributed by atoms with E-state index in [1.54, 1.807) is 23.3 Å². The number of hydrogen-bond donors (Lipinski definition) is 2. The quantitative estimate of drug-likeness (QED) is 0.438. The molecule has 1 fully saturated rings. The molecule has 1 aliphatic heterocycles. The maximum Gasteiger partial charge on any atom is 0.245 e. The van der Waals surface area contributed by atoms with Crippen LogP contribution in [0.4, 0.5) is 27.7 Å². The maximum absolute atomic E-state index is 14.1. The van der Waals surface area contributed by atoms with Crippen LogP contribution in [0.2, 0.25) is 0 Å². The van der Waals surface area contributed by atoms with Gasteiger partial charge in [-0.2, -0.15) is 4.98 Å².